The quantitative estimate of drug-likeness (QED) is 0.377. The van der Waals surface area contributed by atoms with Crippen LogP contribution < -0.4 is 0 Å². The van der Waals surface area contributed by atoms with Crippen molar-refractivity contribution in [2.24, 2.45) is 5.92 Å². The zero-order valence-electron chi connectivity index (χ0n) is 16.8. The van der Waals surface area contributed by atoms with Crippen LogP contribution in [-0.2, 0) is 9.47 Å². The first kappa shape index (κ1) is 22.6. The fourth-order valence-electron chi connectivity index (χ4n) is 4.21. The highest BCUT2D eigenvalue weighted by Crippen LogP contribution is 2.44. The number of allylic oxidation sites excluding steroid dienone is 1. The summed E-state index contributed by atoms with van der Waals surface area (Å²) in [5.41, 5.74) is 0. The molecule has 2 saturated heterocycles. The molecule has 156 valence electrons. The summed E-state index contributed by atoms with van der Waals surface area (Å²) in [6.07, 6.45) is 12.5. The Balaban J connectivity index is 1.84. The van der Waals surface area contributed by atoms with Crippen LogP contribution >= 0.6 is 0 Å². The summed E-state index contributed by atoms with van der Waals surface area (Å²) >= 11 is 0. The van der Waals surface area contributed by atoms with Crippen molar-refractivity contribution in [3.8, 4) is 0 Å². The van der Waals surface area contributed by atoms with E-state index in [-0.39, 0.29) is 30.8 Å². The highest BCUT2D eigenvalue weighted by Gasteiger charge is 2.48. The first-order chi connectivity index (χ1) is 13.0. The average Bonchev–Trinajstić information content (AvgIpc) is 3.03. The highest BCUT2D eigenvalue weighted by atomic mass is 16.7. The highest BCUT2D eigenvalue weighted by molar-refractivity contribution is 4.93. The number of rotatable bonds is 11. The Hall–Kier alpha value is -0.720. The second-order valence-electron chi connectivity index (χ2n) is 8.18. The van der Waals surface area contributed by atoms with E-state index in [1.54, 1.807) is 0 Å². The van der Waals surface area contributed by atoms with Gasteiger partial charge in [-0.25, -0.2) is 0 Å². The van der Waals surface area contributed by atoms with Gasteiger partial charge in [-0.1, -0.05) is 25.2 Å². The maximum Gasteiger partial charge on any atom is 0.169 e. The molecule has 0 radical (unpaired) electrons. The molecular weight excluding hydrogens is 344 g/mol. The van der Waals surface area contributed by atoms with E-state index in [0.29, 0.717) is 19.3 Å². The molecule has 1 spiro atoms. The van der Waals surface area contributed by atoms with Gasteiger partial charge in [0.15, 0.2) is 5.79 Å². The van der Waals surface area contributed by atoms with Crippen LogP contribution in [0.1, 0.15) is 71.1 Å². The Labute approximate surface area is 164 Å². The maximum absolute atomic E-state index is 10.6. The van der Waals surface area contributed by atoms with Crippen LogP contribution in [0.15, 0.2) is 24.8 Å². The molecule has 6 unspecified atom stereocenters. The van der Waals surface area contributed by atoms with Crippen molar-refractivity contribution in [3.63, 3.8) is 0 Å². The second kappa shape index (κ2) is 11.3. The third-order valence-electron chi connectivity index (χ3n) is 5.82. The van der Waals surface area contributed by atoms with Gasteiger partial charge in [0, 0.05) is 19.4 Å². The van der Waals surface area contributed by atoms with Gasteiger partial charge in [0.25, 0.3) is 0 Å². The molecule has 5 heteroatoms. The summed E-state index contributed by atoms with van der Waals surface area (Å²) in [7, 11) is 0. The van der Waals surface area contributed by atoms with E-state index >= 15 is 0 Å². The van der Waals surface area contributed by atoms with Crippen LogP contribution in [-0.4, -0.2) is 52.1 Å². The van der Waals surface area contributed by atoms with Crippen molar-refractivity contribution in [2.75, 3.05) is 6.61 Å². The van der Waals surface area contributed by atoms with E-state index in [0.717, 1.165) is 44.9 Å². The van der Waals surface area contributed by atoms with Crippen LogP contribution in [0.25, 0.3) is 0 Å². The van der Waals surface area contributed by atoms with Crippen molar-refractivity contribution in [1.82, 2.24) is 0 Å². The molecule has 6 atom stereocenters. The molecule has 5 nitrogen and oxygen atoms in total. The Bertz CT molecular complexity index is 466. The molecule has 27 heavy (non-hydrogen) atoms. The minimum atomic E-state index is -0.599. The molecule has 2 aliphatic heterocycles. The minimum Gasteiger partial charge on any atom is -0.396 e. The second-order valence-corrected chi connectivity index (χ2v) is 8.18. The molecule has 3 N–H and O–H groups in total. The Morgan fingerprint density at radius 2 is 1.93 bits per heavy atom. The molecule has 0 amide bonds. The third kappa shape index (κ3) is 6.99. The first-order valence-corrected chi connectivity index (χ1v) is 10.6. The van der Waals surface area contributed by atoms with Gasteiger partial charge < -0.3 is 24.8 Å². The molecule has 0 aromatic heterocycles. The lowest BCUT2D eigenvalue weighted by atomic mass is 9.87. The zero-order valence-corrected chi connectivity index (χ0v) is 16.8. The Morgan fingerprint density at radius 1 is 1.15 bits per heavy atom. The van der Waals surface area contributed by atoms with Gasteiger partial charge in [-0.3, -0.25) is 0 Å². The van der Waals surface area contributed by atoms with Gasteiger partial charge in [0.1, 0.15) is 0 Å². The molecule has 0 aromatic carbocycles. The molecule has 2 heterocycles. The predicted molar refractivity (Wildman–Crippen MR) is 106 cm³/mol. The van der Waals surface area contributed by atoms with Gasteiger partial charge in [-0.2, -0.15) is 0 Å². The monoisotopic (exact) mass is 382 g/mol. The van der Waals surface area contributed by atoms with Crippen molar-refractivity contribution in [2.45, 2.75) is 101 Å². The van der Waals surface area contributed by atoms with E-state index in [1.807, 2.05) is 18.2 Å². The summed E-state index contributed by atoms with van der Waals surface area (Å²) in [6, 6.07) is 0. The fourth-order valence-corrected chi connectivity index (χ4v) is 4.21. The molecule has 0 aliphatic carbocycles. The molecule has 2 aliphatic rings. The van der Waals surface area contributed by atoms with Crippen molar-refractivity contribution < 1.29 is 24.8 Å². The zero-order chi connectivity index (χ0) is 19.7. The van der Waals surface area contributed by atoms with E-state index in [2.05, 4.69) is 13.5 Å². The average molecular weight is 383 g/mol. The number of hydrogen-bond donors (Lipinski definition) is 3. The molecule has 0 saturated carbocycles. The van der Waals surface area contributed by atoms with Crippen molar-refractivity contribution in [1.29, 1.82) is 0 Å². The first-order valence-electron chi connectivity index (χ1n) is 10.6. The van der Waals surface area contributed by atoms with E-state index in [4.69, 9.17) is 14.6 Å². The van der Waals surface area contributed by atoms with Gasteiger partial charge in [-0.05, 0) is 57.3 Å². The van der Waals surface area contributed by atoms with Gasteiger partial charge in [-0.15, -0.1) is 6.58 Å². The number of ether oxygens (including phenoxy) is 2. The summed E-state index contributed by atoms with van der Waals surface area (Å²) < 4.78 is 12.6. The lowest BCUT2D eigenvalue weighted by molar-refractivity contribution is -0.296. The van der Waals surface area contributed by atoms with Crippen LogP contribution in [0, 0.1) is 5.92 Å². The smallest absolute Gasteiger partial charge is 0.169 e. The molecule has 2 rings (SSSR count). The topological polar surface area (TPSA) is 79.2 Å². The van der Waals surface area contributed by atoms with Crippen LogP contribution in [0.4, 0.5) is 0 Å². The van der Waals surface area contributed by atoms with Crippen LogP contribution in [0.2, 0.25) is 0 Å². The largest absolute Gasteiger partial charge is 0.396 e. The Kier molecular flexibility index (Phi) is 9.46. The van der Waals surface area contributed by atoms with Gasteiger partial charge >= 0.3 is 0 Å². The van der Waals surface area contributed by atoms with Gasteiger partial charge in [0.05, 0.1) is 24.4 Å². The van der Waals surface area contributed by atoms with Crippen LogP contribution in [0.3, 0.4) is 0 Å². The summed E-state index contributed by atoms with van der Waals surface area (Å²) in [5, 5.41) is 29.6. The third-order valence-corrected chi connectivity index (χ3v) is 5.82. The minimum absolute atomic E-state index is 0.0272. The maximum atomic E-state index is 10.6. The number of aliphatic hydroxyl groups excluding tert-OH is 3. The van der Waals surface area contributed by atoms with E-state index < -0.39 is 11.9 Å². The SMILES string of the molecule is C=CCCCC(O)CC1CCC2(CCC(C)C(C(O)CC=CCCO)O2)O1. The fraction of sp³-hybridized carbons (Fsp3) is 0.818. The molecule has 0 bridgehead atoms. The number of aliphatic hydroxyl groups is 3. The van der Waals surface area contributed by atoms with Crippen molar-refractivity contribution >= 4 is 0 Å². The normalized spacial score (nSPS) is 33.6. The predicted octanol–water partition coefficient (Wildman–Crippen LogP) is 3.47. The number of hydrogen-bond acceptors (Lipinski definition) is 5. The summed E-state index contributed by atoms with van der Waals surface area (Å²) in [4.78, 5) is 0. The van der Waals surface area contributed by atoms with Crippen LogP contribution in [0.5, 0.6) is 0 Å². The summed E-state index contributed by atoms with van der Waals surface area (Å²) in [5.74, 6) is -0.317. The molecule has 0 aromatic rings. The lowest BCUT2D eigenvalue weighted by Gasteiger charge is -2.43. The molecule has 2 fully saturated rings. The number of unbranched alkanes of at least 4 members (excludes halogenated alkanes) is 1. The Morgan fingerprint density at radius 3 is 2.67 bits per heavy atom. The van der Waals surface area contributed by atoms with E-state index in [1.165, 1.54) is 0 Å². The van der Waals surface area contributed by atoms with Gasteiger partial charge in [0.2, 0.25) is 0 Å². The van der Waals surface area contributed by atoms with E-state index in [9.17, 15) is 10.2 Å². The summed E-state index contributed by atoms with van der Waals surface area (Å²) in [6.45, 7) is 5.96. The molecular formula is C22H38O5. The standard InChI is InChI=1S/C22H38O5/c1-3-4-6-9-18(24)16-19-12-14-22(26-19)13-11-17(2)21(27-22)20(25)10-7-5-8-15-23/h3,5,7,17-21,23-25H,1,4,6,8-16H2,2H3. The van der Waals surface area contributed by atoms with Crippen molar-refractivity contribution in [3.05, 3.63) is 24.8 Å². The lowest BCUT2D eigenvalue weighted by Crippen LogP contribution is -2.49.